The largest absolute Gasteiger partial charge is 0.404 e. The van der Waals surface area contributed by atoms with Gasteiger partial charge >= 0.3 is 5.69 Å². The Hall–Kier alpha value is -4.12. The molecule has 2 aliphatic heterocycles. The Labute approximate surface area is 275 Å². The SMILES string of the molecule is C[C@@H]1O[C@H]2[C@H](n3ccc(=O)[nH]c3=O)O[C@]1(CO[Si](c1ccccc1)(c1ccccc1)C(C)(C)C)[C@H]2OCc1ccc2ccccc2c1. The molecule has 5 atom stereocenters. The molecule has 2 saturated heterocycles. The van der Waals surface area contributed by atoms with Gasteiger partial charge in [-0.1, -0.05) is 118 Å². The fraction of sp³-hybridized carbons (Fsp3) is 0.316. The third kappa shape index (κ3) is 5.42. The normalized spacial score (nSPS) is 24.2. The van der Waals surface area contributed by atoms with Gasteiger partial charge in [0.15, 0.2) is 6.23 Å². The van der Waals surface area contributed by atoms with Crippen molar-refractivity contribution in [3.8, 4) is 0 Å². The van der Waals surface area contributed by atoms with Crippen LogP contribution >= 0.6 is 0 Å². The maximum atomic E-state index is 13.0. The second kappa shape index (κ2) is 12.2. The molecular formula is C38H40N2O6Si. The van der Waals surface area contributed by atoms with E-state index in [1.54, 1.807) is 0 Å². The fourth-order valence-electron chi connectivity index (χ4n) is 7.41. The van der Waals surface area contributed by atoms with E-state index in [0.29, 0.717) is 6.61 Å². The first kappa shape index (κ1) is 31.5. The quantitative estimate of drug-likeness (QED) is 0.229. The number of aromatic amines is 1. The molecule has 3 heterocycles. The van der Waals surface area contributed by atoms with Gasteiger partial charge in [0.1, 0.15) is 17.8 Å². The van der Waals surface area contributed by atoms with E-state index >= 15 is 0 Å². The summed E-state index contributed by atoms with van der Waals surface area (Å²) in [4.78, 5) is 27.3. The molecule has 0 aliphatic carbocycles. The van der Waals surface area contributed by atoms with Crippen molar-refractivity contribution in [2.75, 3.05) is 6.61 Å². The molecule has 242 valence electrons. The average molecular weight is 649 g/mol. The van der Waals surface area contributed by atoms with Gasteiger partial charge in [-0.05, 0) is 44.7 Å². The number of H-pyrrole nitrogens is 1. The van der Waals surface area contributed by atoms with Crippen LogP contribution < -0.4 is 21.6 Å². The zero-order chi connectivity index (χ0) is 32.8. The third-order valence-electron chi connectivity index (χ3n) is 9.75. The van der Waals surface area contributed by atoms with E-state index in [9.17, 15) is 9.59 Å². The fourth-order valence-corrected chi connectivity index (χ4v) is 12.0. The summed E-state index contributed by atoms with van der Waals surface area (Å²) >= 11 is 0. The topological polar surface area (TPSA) is 91.8 Å². The van der Waals surface area contributed by atoms with E-state index in [1.165, 1.54) is 16.8 Å². The molecule has 0 unspecified atom stereocenters. The number of nitrogens with one attached hydrogen (secondary N) is 1. The van der Waals surface area contributed by atoms with Crippen molar-refractivity contribution in [2.45, 2.75) is 69.5 Å². The van der Waals surface area contributed by atoms with E-state index in [0.717, 1.165) is 26.7 Å². The lowest BCUT2D eigenvalue weighted by Crippen LogP contribution is -2.68. The molecule has 4 aromatic carbocycles. The minimum absolute atomic E-state index is 0.176. The first-order valence-corrected chi connectivity index (χ1v) is 18.0. The van der Waals surface area contributed by atoms with E-state index in [2.05, 4.69) is 105 Å². The molecule has 0 saturated carbocycles. The monoisotopic (exact) mass is 648 g/mol. The molecule has 7 rings (SSSR count). The van der Waals surface area contributed by atoms with Crippen molar-refractivity contribution in [1.29, 1.82) is 0 Å². The lowest BCUT2D eigenvalue weighted by atomic mass is 9.94. The van der Waals surface area contributed by atoms with Gasteiger partial charge in [0.05, 0.1) is 19.3 Å². The summed E-state index contributed by atoms with van der Waals surface area (Å²) in [6.07, 6.45) is -0.942. The Morgan fingerprint density at radius 3 is 2.13 bits per heavy atom. The minimum atomic E-state index is -2.97. The number of hydrogen-bond acceptors (Lipinski definition) is 6. The van der Waals surface area contributed by atoms with Crippen molar-refractivity contribution < 1.29 is 18.6 Å². The molecule has 0 amide bonds. The Morgan fingerprint density at radius 1 is 0.851 bits per heavy atom. The van der Waals surface area contributed by atoms with Gasteiger partial charge in [-0.15, -0.1) is 0 Å². The highest BCUT2D eigenvalue weighted by Crippen LogP contribution is 2.51. The van der Waals surface area contributed by atoms with Gasteiger partial charge in [-0.2, -0.15) is 0 Å². The van der Waals surface area contributed by atoms with Gasteiger partial charge in [0.25, 0.3) is 13.9 Å². The predicted molar refractivity (Wildman–Crippen MR) is 185 cm³/mol. The zero-order valence-corrected chi connectivity index (χ0v) is 28.1. The summed E-state index contributed by atoms with van der Waals surface area (Å²) in [7, 11) is -2.97. The van der Waals surface area contributed by atoms with Crippen LogP contribution in [0.5, 0.6) is 0 Å². The first-order valence-electron chi connectivity index (χ1n) is 16.1. The van der Waals surface area contributed by atoms with Crippen LogP contribution in [-0.2, 0) is 25.2 Å². The second-order valence-electron chi connectivity index (χ2n) is 13.6. The molecule has 47 heavy (non-hydrogen) atoms. The number of hydrogen-bond donors (Lipinski definition) is 1. The average Bonchev–Trinajstić information content (AvgIpc) is 3.51. The lowest BCUT2D eigenvalue weighted by molar-refractivity contribution is -0.218. The Balaban J connectivity index is 1.29. The Bertz CT molecular complexity index is 1950. The third-order valence-corrected chi connectivity index (χ3v) is 14.7. The smallest absolute Gasteiger partial charge is 0.330 e. The number of nitrogens with zero attached hydrogens (tertiary/aromatic N) is 1. The molecule has 2 fully saturated rings. The highest BCUT2D eigenvalue weighted by molar-refractivity contribution is 6.99. The predicted octanol–water partition coefficient (Wildman–Crippen LogP) is 4.91. The molecule has 2 bridgehead atoms. The van der Waals surface area contributed by atoms with Crippen LogP contribution in [0.2, 0.25) is 5.04 Å². The molecule has 9 heteroatoms. The van der Waals surface area contributed by atoms with Crippen LogP contribution in [0.3, 0.4) is 0 Å². The van der Waals surface area contributed by atoms with Gasteiger partial charge in [0.2, 0.25) is 0 Å². The maximum Gasteiger partial charge on any atom is 0.330 e. The highest BCUT2D eigenvalue weighted by Gasteiger charge is 2.68. The van der Waals surface area contributed by atoms with E-state index in [1.807, 2.05) is 31.2 Å². The molecule has 1 aromatic heterocycles. The van der Waals surface area contributed by atoms with Crippen molar-refractivity contribution in [3.63, 3.8) is 0 Å². The standard InChI is InChI=1S/C38H40N2O6Si/c1-26-38(25-44-47(37(2,3)4,30-15-7-5-8-16-30)31-17-9-6-10-18-31)34(43-24-27-19-20-28-13-11-12-14-29(28)23-27)33(45-26)35(46-38)40-22-21-32(41)39-36(40)42/h5-23,26,33-35H,24-25H2,1-4H3,(H,39,41,42)/t26-,33+,34-,35+,38-/m0/s1. The van der Waals surface area contributed by atoms with Crippen LogP contribution in [0.1, 0.15) is 39.5 Å². The number of ether oxygens (including phenoxy) is 3. The summed E-state index contributed by atoms with van der Waals surface area (Å²) < 4.78 is 29.1. The van der Waals surface area contributed by atoms with E-state index in [4.69, 9.17) is 18.6 Å². The van der Waals surface area contributed by atoms with Crippen LogP contribution in [0.4, 0.5) is 0 Å². The number of benzene rings is 4. The molecule has 0 radical (unpaired) electrons. The van der Waals surface area contributed by atoms with Gasteiger partial charge in [-0.25, -0.2) is 4.79 Å². The number of rotatable bonds is 9. The van der Waals surface area contributed by atoms with Crippen LogP contribution in [0.25, 0.3) is 10.8 Å². The summed E-state index contributed by atoms with van der Waals surface area (Å²) in [6, 6.07) is 36.8. The number of fused-ring (bicyclic) bond motifs is 3. The van der Waals surface area contributed by atoms with E-state index < -0.39 is 49.7 Å². The van der Waals surface area contributed by atoms with Crippen LogP contribution in [-0.4, -0.2) is 48.4 Å². The number of aromatic nitrogens is 2. The highest BCUT2D eigenvalue weighted by atomic mass is 28.4. The van der Waals surface area contributed by atoms with E-state index in [-0.39, 0.29) is 11.6 Å². The zero-order valence-electron chi connectivity index (χ0n) is 27.1. The van der Waals surface area contributed by atoms with Crippen molar-refractivity contribution in [3.05, 3.63) is 142 Å². The maximum absolute atomic E-state index is 13.0. The van der Waals surface area contributed by atoms with Crippen molar-refractivity contribution in [2.24, 2.45) is 0 Å². The lowest BCUT2D eigenvalue weighted by Gasteiger charge is -2.46. The first-order chi connectivity index (χ1) is 22.6. The summed E-state index contributed by atoms with van der Waals surface area (Å²) in [5.41, 5.74) is -1.07. The molecular weight excluding hydrogens is 609 g/mol. The molecule has 1 N–H and O–H groups in total. The summed E-state index contributed by atoms with van der Waals surface area (Å²) in [5.74, 6) is 0. The van der Waals surface area contributed by atoms with Crippen molar-refractivity contribution >= 4 is 29.5 Å². The minimum Gasteiger partial charge on any atom is -0.404 e. The molecule has 2 aliphatic rings. The Kier molecular flexibility index (Phi) is 8.14. The van der Waals surface area contributed by atoms with Crippen LogP contribution in [0, 0.1) is 0 Å². The van der Waals surface area contributed by atoms with Gasteiger partial charge < -0.3 is 18.6 Å². The summed E-state index contributed by atoms with van der Waals surface area (Å²) in [6.45, 7) is 9.18. The molecule has 5 aromatic rings. The van der Waals surface area contributed by atoms with Crippen LogP contribution in [0.15, 0.2) is 125 Å². The van der Waals surface area contributed by atoms with Gasteiger partial charge in [0, 0.05) is 12.3 Å². The summed E-state index contributed by atoms with van der Waals surface area (Å²) in [5, 5.41) is 4.33. The Morgan fingerprint density at radius 2 is 1.49 bits per heavy atom. The molecule has 8 nitrogen and oxygen atoms in total. The van der Waals surface area contributed by atoms with Gasteiger partial charge in [-0.3, -0.25) is 14.3 Å². The second-order valence-corrected chi connectivity index (χ2v) is 17.9. The van der Waals surface area contributed by atoms with Crippen molar-refractivity contribution in [1.82, 2.24) is 9.55 Å². The molecule has 0 spiro atoms.